The minimum atomic E-state index is -0.0700. The average Bonchev–Trinajstić information content (AvgIpc) is 0.918. The van der Waals surface area contributed by atoms with Crippen LogP contribution in [0.4, 0.5) is 0 Å². The second-order valence-corrected chi connectivity index (χ2v) is 30.5. The van der Waals surface area contributed by atoms with Crippen LogP contribution in [0.2, 0.25) is 0 Å². The summed E-state index contributed by atoms with van der Waals surface area (Å²) in [7, 11) is 0. The van der Waals surface area contributed by atoms with Gasteiger partial charge in [0.25, 0.3) is 0 Å². The molecule has 0 nitrogen and oxygen atoms in total. The van der Waals surface area contributed by atoms with Gasteiger partial charge in [-0.25, -0.2) is 0 Å². The fourth-order valence-electron chi connectivity index (χ4n) is 0. The molecule has 0 saturated heterocycles. The molecule has 0 bridgehead atoms. The van der Waals surface area contributed by atoms with Crippen molar-refractivity contribution >= 4 is 61.7 Å². The molecule has 0 aliphatic rings. The molecule has 0 aliphatic carbocycles. The van der Waals surface area contributed by atoms with E-state index in [1.54, 1.807) is 0 Å². The van der Waals surface area contributed by atoms with Crippen molar-refractivity contribution in [3.8, 4) is 0 Å². The molecule has 0 unspecified atom stereocenters. The first-order valence-corrected chi connectivity index (χ1v) is 24.1. The van der Waals surface area contributed by atoms with Gasteiger partial charge in [-0.05, 0) is 0 Å². The van der Waals surface area contributed by atoms with Gasteiger partial charge in [-0.1, -0.05) is 0 Å². The molecule has 4 heteroatoms. The van der Waals surface area contributed by atoms with Gasteiger partial charge in [-0.2, -0.15) is 0 Å². The first-order valence-electron chi connectivity index (χ1n) is 0.535. The third-order valence-electron chi connectivity index (χ3n) is 0. The fourth-order valence-corrected chi connectivity index (χ4v) is 0. The fraction of sp³-hybridized carbons (Fsp3) is 0. The Kier molecular flexibility index (Phi) is 24.6. The van der Waals surface area contributed by atoms with E-state index in [0.29, 0.717) is 0 Å². The van der Waals surface area contributed by atoms with Crippen LogP contribution in [0.3, 0.4) is 0 Å². The van der Waals surface area contributed by atoms with Crippen molar-refractivity contribution in [1.29, 1.82) is 0 Å². The van der Waals surface area contributed by atoms with Gasteiger partial charge in [0.1, 0.15) is 0 Å². The summed E-state index contributed by atoms with van der Waals surface area (Å²) in [6.45, 7) is 0. The van der Waals surface area contributed by atoms with E-state index in [0.717, 1.165) is 0 Å². The summed E-state index contributed by atoms with van der Waals surface area (Å²) in [4.78, 5) is 0. The van der Waals surface area contributed by atoms with Crippen LogP contribution in [-0.2, 0) is 15.6 Å². The molecule has 0 heterocycles. The Labute approximate surface area is 75.1 Å². The van der Waals surface area contributed by atoms with E-state index in [1.165, 1.54) is 0 Å². The van der Waals surface area contributed by atoms with Crippen LogP contribution in [0, 0.1) is 0 Å². The van der Waals surface area contributed by atoms with E-state index in [9.17, 15) is 0 Å². The second kappa shape index (κ2) is 9.55. The SMILES string of the molecule is [BiH3].[I][Cd][I]. The van der Waals surface area contributed by atoms with Gasteiger partial charge in [-0.15, -0.1) is 0 Å². The molecule has 0 rings (SSSR count). The van der Waals surface area contributed by atoms with Crippen molar-refractivity contribution in [3.05, 3.63) is 0 Å². The molecular formula is H3BiCdI2. The zero-order valence-corrected chi connectivity index (χ0v) is 16.0. The number of hydrogen-bond donors (Lipinski definition) is 0. The van der Waals surface area contributed by atoms with Crippen molar-refractivity contribution in [2.45, 2.75) is 0 Å². The van der Waals surface area contributed by atoms with Crippen LogP contribution in [0.15, 0.2) is 0 Å². The summed E-state index contributed by atoms with van der Waals surface area (Å²) in [5.41, 5.74) is 0. The number of hydrogen-bond acceptors (Lipinski definition) is 0. The number of halogens is 2. The zero-order chi connectivity index (χ0) is 2.71. The van der Waals surface area contributed by atoms with E-state index >= 15 is 0 Å². The third kappa shape index (κ3) is 8.98. The second-order valence-electron chi connectivity index (χ2n) is 0.101. The van der Waals surface area contributed by atoms with Crippen molar-refractivity contribution in [1.82, 2.24) is 0 Å². The summed E-state index contributed by atoms with van der Waals surface area (Å²) in [5, 5.41) is 0. The predicted molar refractivity (Wildman–Crippen MR) is 38.0 cm³/mol. The normalized spacial score (nSPS) is 2.50. The zero-order valence-electron chi connectivity index (χ0n) is 2.17. The van der Waals surface area contributed by atoms with Crippen molar-refractivity contribution in [2.75, 3.05) is 0 Å². The molecule has 4 heavy (non-hydrogen) atoms. The van der Waals surface area contributed by atoms with E-state index in [4.69, 9.17) is 0 Å². The molecule has 24 valence electrons. The van der Waals surface area contributed by atoms with Crippen molar-refractivity contribution in [2.24, 2.45) is 0 Å². The Hall–Kier alpha value is 3.27. The van der Waals surface area contributed by atoms with Gasteiger partial charge in [0, 0.05) is 0 Å². The molecule has 0 atom stereocenters. The van der Waals surface area contributed by atoms with Crippen molar-refractivity contribution in [3.63, 3.8) is 0 Å². The van der Waals surface area contributed by atoms with Crippen LogP contribution in [-0.4, -0.2) is 26.2 Å². The first kappa shape index (κ1) is 10.3. The van der Waals surface area contributed by atoms with Gasteiger partial charge in [0.05, 0.1) is 0 Å². The van der Waals surface area contributed by atoms with Gasteiger partial charge in [0.15, 0.2) is 0 Å². The molecule has 0 saturated carbocycles. The molecule has 0 aromatic carbocycles. The Morgan fingerprint density at radius 3 is 1.25 bits per heavy atom. The third-order valence-corrected chi connectivity index (χ3v) is 0. The Balaban J connectivity index is 0. The molecule has 0 fully saturated rings. The van der Waals surface area contributed by atoms with Gasteiger partial charge in [-0.3, -0.25) is 0 Å². The summed E-state index contributed by atoms with van der Waals surface area (Å²) >= 11 is 4.90. The predicted octanol–water partition coefficient (Wildman–Crippen LogP) is 0.585. The van der Waals surface area contributed by atoms with Crippen LogP contribution >= 0.6 is 35.5 Å². The van der Waals surface area contributed by atoms with E-state index in [2.05, 4.69) is 35.5 Å². The van der Waals surface area contributed by atoms with Crippen LogP contribution in [0.25, 0.3) is 0 Å². The summed E-state index contributed by atoms with van der Waals surface area (Å²) in [6.07, 6.45) is 0. The summed E-state index contributed by atoms with van der Waals surface area (Å²) < 4.78 is 0. The average molecular weight is 578 g/mol. The maximum atomic E-state index is 2.49. The Morgan fingerprint density at radius 2 is 1.25 bits per heavy atom. The van der Waals surface area contributed by atoms with Crippen LogP contribution in [0.5, 0.6) is 0 Å². The minimum absolute atomic E-state index is 0. The standard InChI is InChI=1S/Bi.Cd.2HI.3H/h;;2*1H;;;/q;+2;;;;;/p-2. The molecule has 0 aromatic rings. The molecule has 0 N–H and O–H groups in total. The Bertz CT molecular complexity index is 6.00. The van der Waals surface area contributed by atoms with Crippen LogP contribution < -0.4 is 0 Å². The van der Waals surface area contributed by atoms with Gasteiger partial charge >= 0.3 is 77.4 Å². The van der Waals surface area contributed by atoms with Crippen molar-refractivity contribution < 1.29 is 15.6 Å². The van der Waals surface area contributed by atoms with E-state index in [-0.39, 0.29) is 41.9 Å². The van der Waals surface area contributed by atoms with E-state index < -0.39 is 0 Å². The maximum absolute atomic E-state index is 2.49. The summed E-state index contributed by atoms with van der Waals surface area (Å²) in [6, 6.07) is 0. The molecular weight excluding hydrogens is 575 g/mol. The Morgan fingerprint density at radius 1 is 1.25 bits per heavy atom. The van der Waals surface area contributed by atoms with Gasteiger partial charge in [0.2, 0.25) is 0 Å². The van der Waals surface area contributed by atoms with Gasteiger partial charge < -0.3 is 0 Å². The molecule has 0 aliphatic heterocycles. The molecule has 0 amide bonds. The van der Waals surface area contributed by atoms with E-state index in [1.807, 2.05) is 0 Å². The quantitative estimate of drug-likeness (QED) is 0.292. The topological polar surface area (TPSA) is 0 Å². The summed E-state index contributed by atoms with van der Waals surface area (Å²) in [5.74, 6) is 0. The monoisotopic (exact) mass is 580 g/mol. The van der Waals surface area contributed by atoms with Crippen LogP contribution in [0.1, 0.15) is 0 Å². The molecule has 0 radical (unpaired) electrons. The molecule has 0 aromatic heterocycles. The number of rotatable bonds is 0. The molecule has 0 spiro atoms. The first-order chi connectivity index (χ1) is 1.41.